The maximum absolute atomic E-state index is 5.96. The van der Waals surface area contributed by atoms with Crippen molar-refractivity contribution in [2.45, 2.75) is 25.0 Å². The summed E-state index contributed by atoms with van der Waals surface area (Å²) in [5, 5.41) is 4.65. The molecule has 0 amide bonds. The van der Waals surface area contributed by atoms with E-state index in [2.05, 4.69) is 16.1 Å². The molecule has 2 fully saturated rings. The van der Waals surface area contributed by atoms with Crippen molar-refractivity contribution in [1.29, 1.82) is 0 Å². The average Bonchev–Trinajstić information content (AvgIpc) is 3.20. The molecule has 0 saturated carbocycles. The van der Waals surface area contributed by atoms with E-state index in [0.717, 1.165) is 48.5 Å². The average molecular weight is 321 g/mol. The minimum atomic E-state index is 0.328. The molecule has 2 bridgehead atoms. The van der Waals surface area contributed by atoms with Gasteiger partial charge in [-0.1, -0.05) is 0 Å². The van der Waals surface area contributed by atoms with Gasteiger partial charge in [0.15, 0.2) is 11.6 Å². The summed E-state index contributed by atoms with van der Waals surface area (Å²) >= 11 is 0. The van der Waals surface area contributed by atoms with E-state index in [-0.39, 0.29) is 0 Å². The number of nitrogen functional groups attached to an aromatic ring is 1. The highest BCUT2D eigenvalue weighted by molar-refractivity contribution is 5.72. The van der Waals surface area contributed by atoms with Crippen LogP contribution in [0.1, 0.15) is 12.8 Å². The number of fused-ring (bicyclic) bond motifs is 3. The van der Waals surface area contributed by atoms with Crippen LogP contribution in [-0.4, -0.2) is 39.9 Å². The van der Waals surface area contributed by atoms with Crippen LogP contribution in [0.3, 0.4) is 0 Å². The fourth-order valence-electron chi connectivity index (χ4n) is 3.69. The zero-order valence-corrected chi connectivity index (χ0v) is 13.3. The third-order valence-electron chi connectivity index (χ3n) is 4.88. The van der Waals surface area contributed by atoms with E-state index >= 15 is 0 Å². The molecule has 122 valence electrons. The second-order valence-corrected chi connectivity index (χ2v) is 6.58. The second-order valence-electron chi connectivity index (χ2n) is 6.58. The maximum atomic E-state index is 5.96. The summed E-state index contributed by atoms with van der Waals surface area (Å²) in [6, 6.07) is 11.8. The molecule has 4 heterocycles. The number of nitrogens with two attached hydrogens (primary N) is 1. The molecule has 2 aliphatic rings. The van der Waals surface area contributed by atoms with Crippen molar-refractivity contribution in [1.82, 2.24) is 14.6 Å². The number of hydrogen-bond donors (Lipinski definition) is 1. The molecule has 2 unspecified atom stereocenters. The van der Waals surface area contributed by atoms with Gasteiger partial charge in [0.2, 0.25) is 0 Å². The first-order valence-corrected chi connectivity index (χ1v) is 8.38. The molecule has 2 aromatic heterocycles. The Morgan fingerprint density at radius 3 is 2.54 bits per heavy atom. The number of rotatable bonds is 2. The number of nitrogens with zero attached hydrogens (tertiary/aromatic N) is 4. The van der Waals surface area contributed by atoms with Gasteiger partial charge in [0.1, 0.15) is 5.52 Å². The number of hydrogen-bond acceptors (Lipinski definition) is 5. The molecule has 24 heavy (non-hydrogen) atoms. The van der Waals surface area contributed by atoms with E-state index in [1.807, 2.05) is 41.0 Å². The molecular formula is C18H19N5O. The van der Waals surface area contributed by atoms with Crippen molar-refractivity contribution >= 4 is 17.0 Å². The third-order valence-corrected chi connectivity index (χ3v) is 4.88. The van der Waals surface area contributed by atoms with Gasteiger partial charge in [-0.3, -0.25) is 0 Å². The lowest BCUT2D eigenvalue weighted by Gasteiger charge is -2.33. The number of benzene rings is 1. The van der Waals surface area contributed by atoms with Gasteiger partial charge in [0, 0.05) is 30.5 Å². The summed E-state index contributed by atoms with van der Waals surface area (Å²) in [4.78, 5) is 7.24. The van der Waals surface area contributed by atoms with Crippen LogP contribution in [0, 0.1) is 0 Å². The van der Waals surface area contributed by atoms with E-state index in [1.54, 1.807) is 0 Å². The van der Waals surface area contributed by atoms with Crippen LogP contribution in [0.2, 0.25) is 0 Å². The zero-order valence-electron chi connectivity index (χ0n) is 13.3. The Kier molecular flexibility index (Phi) is 2.99. The van der Waals surface area contributed by atoms with Crippen molar-refractivity contribution in [2.75, 3.05) is 23.7 Å². The first-order chi connectivity index (χ1) is 11.8. The topological polar surface area (TPSA) is 68.7 Å². The lowest BCUT2D eigenvalue weighted by atomic mass is 10.2. The molecule has 5 rings (SSSR count). The van der Waals surface area contributed by atoms with E-state index in [0.29, 0.717) is 18.0 Å². The summed E-state index contributed by atoms with van der Waals surface area (Å²) in [5.74, 6) is 1.70. The molecule has 2 atom stereocenters. The predicted molar refractivity (Wildman–Crippen MR) is 92.9 cm³/mol. The van der Waals surface area contributed by atoms with E-state index in [9.17, 15) is 0 Å². The predicted octanol–water partition coefficient (Wildman–Crippen LogP) is 2.35. The van der Waals surface area contributed by atoms with Crippen molar-refractivity contribution in [3.63, 3.8) is 0 Å². The molecular weight excluding hydrogens is 302 g/mol. The van der Waals surface area contributed by atoms with Gasteiger partial charge >= 0.3 is 0 Å². The van der Waals surface area contributed by atoms with Crippen molar-refractivity contribution in [3.8, 4) is 11.4 Å². The van der Waals surface area contributed by atoms with Gasteiger partial charge in [-0.2, -0.15) is 0 Å². The van der Waals surface area contributed by atoms with Crippen LogP contribution in [-0.2, 0) is 4.74 Å². The SMILES string of the molecule is Nc1ccc(-c2nc(N3CC4CCC(C3)O4)c3cccn3n2)cc1. The summed E-state index contributed by atoms with van der Waals surface area (Å²) in [5.41, 5.74) is 8.54. The van der Waals surface area contributed by atoms with Crippen LogP contribution in [0.25, 0.3) is 16.9 Å². The molecule has 3 aromatic rings. The molecule has 1 aromatic carbocycles. The monoisotopic (exact) mass is 321 g/mol. The zero-order chi connectivity index (χ0) is 16.1. The lowest BCUT2D eigenvalue weighted by Crippen LogP contribution is -2.43. The Morgan fingerprint density at radius 1 is 1.04 bits per heavy atom. The highest BCUT2D eigenvalue weighted by Gasteiger charge is 2.35. The van der Waals surface area contributed by atoms with Crippen LogP contribution >= 0.6 is 0 Å². The Bertz CT molecular complexity index is 876. The van der Waals surface area contributed by atoms with Gasteiger partial charge < -0.3 is 15.4 Å². The molecule has 6 nitrogen and oxygen atoms in total. The smallest absolute Gasteiger partial charge is 0.182 e. The van der Waals surface area contributed by atoms with Crippen LogP contribution < -0.4 is 10.6 Å². The maximum Gasteiger partial charge on any atom is 0.182 e. The third kappa shape index (κ3) is 2.22. The Morgan fingerprint density at radius 2 is 1.79 bits per heavy atom. The first kappa shape index (κ1) is 13.8. The highest BCUT2D eigenvalue weighted by Crippen LogP contribution is 2.31. The van der Waals surface area contributed by atoms with Gasteiger partial charge in [-0.05, 0) is 49.2 Å². The van der Waals surface area contributed by atoms with Crippen LogP contribution in [0.15, 0.2) is 42.6 Å². The number of morpholine rings is 1. The number of aromatic nitrogens is 3. The molecule has 2 aliphatic heterocycles. The minimum Gasteiger partial charge on any atom is -0.399 e. The fourth-order valence-corrected chi connectivity index (χ4v) is 3.69. The molecule has 6 heteroatoms. The molecule has 0 spiro atoms. The van der Waals surface area contributed by atoms with E-state index < -0.39 is 0 Å². The fraction of sp³-hybridized carbons (Fsp3) is 0.333. The number of ether oxygens (including phenoxy) is 1. The molecule has 2 saturated heterocycles. The largest absolute Gasteiger partial charge is 0.399 e. The molecule has 0 aliphatic carbocycles. The molecule has 0 radical (unpaired) electrons. The first-order valence-electron chi connectivity index (χ1n) is 8.38. The summed E-state index contributed by atoms with van der Waals surface area (Å²) < 4.78 is 7.87. The van der Waals surface area contributed by atoms with Gasteiger partial charge in [-0.25, -0.2) is 9.50 Å². The van der Waals surface area contributed by atoms with Gasteiger partial charge in [-0.15, -0.1) is 5.10 Å². The summed E-state index contributed by atoms with van der Waals surface area (Å²) in [6.45, 7) is 1.80. The quantitative estimate of drug-likeness (QED) is 0.734. The standard InChI is InChI=1S/C18H19N5O/c19-13-5-3-12(4-6-13)17-20-18(16-2-1-9-23(16)21-17)22-10-14-7-8-15(11-22)24-14/h1-6,9,14-15H,7-8,10-11,19H2. The van der Waals surface area contributed by atoms with Gasteiger partial charge in [0.25, 0.3) is 0 Å². The van der Waals surface area contributed by atoms with E-state index in [1.165, 1.54) is 0 Å². The Hall–Kier alpha value is -2.60. The van der Waals surface area contributed by atoms with Crippen LogP contribution in [0.4, 0.5) is 11.5 Å². The Labute approximate surface area is 139 Å². The Balaban J connectivity index is 1.62. The minimum absolute atomic E-state index is 0.328. The van der Waals surface area contributed by atoms with Crippen molar-refractivity contribution in [3.05, 3.63) is 42.6 Å². The van der Waals surface area contributed by atoms with Crippen LogP contribution in [0.5, 0.6) is 0 Å². The summed E-state index contributed by atoms with van der Waals surface area (Å²) in [7, 11) is 0. The highest BCUT2D eigenvalue weighted by atomic mass is 16.5. The summed E-state index contributed by atoms with van der Waals surface area (Å²) in [6.07, 6.45) is 4.92. The second kappa shape index (κ2) is 5.21. The number of anilines is 2. The molecule has 2 N–H and O–H groups in total. The van der Waals surface area contributed by atoms with E-state index in [4.69, 9.17) is 15.5 Å². The van der Waals surface area contributed by atoms with Crippen molar-refractivity contribution < 1.29 is 4.74 Å². The normalized spacial score (nSPS) is 23.1. The lowest BCUT2D eigenvalue weighted by molar-refractivity contribution is 0.0303. The van der Waals surface area contributed by atoms with Gasteiger partial charge in [0.05, 0.1) is 12.2 Å². The van der Waals surface area contributed by atoms with Crippen molar-refractivity contribution in [2.24, 2.45) is 0 Å².